The number of nitriles is 1. The topological polar surface area (TPSA) is 96.2 Å². The van der Waals surface area contributed by atoms with Crippen molar-refractivity contribution >= 4 is 17.6 Å². The van der Waals surface area contributed by atoms with Gasteiger partial charge in [0.05, 0.1) is 13.2 Å². The van der Waals surface area contributed by atoms with Crippen molar-refractivity contribution in [2.75, 3.05) is 36.5 Å². The summed E-state index contributed by atoms with van der Waals surface area (Å²) in [5, 5.41) is 11.9. The molecule has 0 amide bonds. The smallest absolute Gasteiger partial charge is 0.406 e. The van der Waals surface area contributed by atoms with E-state index in [0.29, 0.717) is 37.9 Å². The number of hydrogen-bond acceptors (Lipinski definition) is 8. The largest absolute Gasteiger partial charge is 0.573 e. The summed E-state index contributed by atoms with van der Waals surface area (Å²) in [6.45, 7) is 2.21. The van der Waals surface area contributed by atoms with E-state index in [1.54, 1.807) is 0 Å². The molecule has 26 heavy (non-hydrogen) atoms. The second-order valence-electron chi connectivity index (χ2n) is 5.19. The number of halogens is 3. The zero-order valence-electron chi connectivity index (χ0n) is 13.3. The van der Waals surface area contributed by atoms with Crippen LogP contribution in [0.25, 0.3) is 0 Å². The Balaban J connectivity index is 1.77. The maximum Gasteiger partial charge on any atom is 0.573 e. The second kappa shape index (κ2) is 7.40. The van der Waals surface area contributed by atoms with Gasteiger partial charge < -0.3 is 19.7 Å². The fourth-order valence-corrected chi connectivity index (χ4v) is 2.24. The summed E-state index contributed by atoms with van der Waals surface area (Å²) in [5.41, 5.74) is 0.433. The van der Waals surface area contributed by atoms with Crippen molar-refractivity contribution in [3.8, 4) is 11.8 Å². The van der Waals surface area contributed by atoms with Gasteiger partial charge in [-0.1, -0.05) is 0 Å². The number of benzene rings is 1. The molecule has 1 aromatic carbocycles. The third-order valence-corrected chi connectivity index (χ3v) is 3.36. The Morgan fingerprint density at radius 1 is 1.12 bits per heavy atom. The van der Waals surface area contributed by atoms with Crippen molar-refractivity contribution in [2.45, 2.75) is 6.36 Å². The van der Waals surface area contributed by atoms with E-state index in [1.165, 1.54) is 12.1 Å². The summed E-state index contributed by atoms with van der Waals surface area (Å²) in [7, 11) is 0. The molecule has 1 fully saturated rings. The highest BCUT2D eigenvalue weighted by Crippen LogP contribution is 2.25. The van der Waals surface area contributed by atoms with Gasteiger partial charge in [0.15, 0.2) is 0 Å². The second-order valence-corrected chi connectivity index (χ2v) is 5.19. The molecule has 11 heteroatoms. The first-order valence-corrected chi connectivity index (χ1v) is 7.55. The van der Waals surface area contributed by atoms with Crippen LogP contribution in [-0.2, 0) is 4.74 Å². The van der Waals surface area contributed by atoms with Gasteiger partial charge >= 0.3 is 6.36 Å². The maximum atomic E-state index is 12.2. The van der Waals surface area contributed by atoms with E-state index in [9.17, 15) is 13.2 Å². The van der Waals surface area contributed by atoms with Crippen molar-refractivity contribution in [3.05, 3.63) is 30.1 Å². The van der Waals surface area contributed by atoms with Crippen molar-refractivity contribution in [2.24, 2.45) is 0 Å². The van der Waals surface area contributed by atoms with Crippen LogP contribution in [0.15, 0.2) is 24.3 Å². The van der Waals surface area contributed by atoms with Gasteiger partial charge in [-0.3, -0.25) is 0 Å². The number of alkyl halides is 3. The van der Waals surface area contributed by atoms with Gasteiger partial charge in [-0.25, -0.2) is 0 Å². The minimum absolute atomic E-state index is 0.0685. The number of hydrogen-bond donors (Lipinski definition) is 1. The number of ether oxygens (including phenoxy) is 2. The SMILES string of the molecule is N#Cc1nc(Nc2ccc(OC(F)(F)F)cc2)nc(N2CCOCC2)n1. The van der Waals surface area contributed by atoms with Crippen molar-refractivity contribution in [1.82, 2.24) is 15.0 Å². The van der Waals surface area contributed by atoms with Crippen LogP contribution < -0.4 is 15.0 Å². The molecule has 1 aliphatic rings. The van der Waals surface area contributed by atoms with Gasteiger partial charge in [0.2, 0.25) is 17.7 Å². The van der Waals surface area contributed by atoms with Crippen molar-refractivity contribution in [3.63, 3.8) is 0 Å². The van der Waals surface area contributed by atoms with Crippen LogP contribution in [0.2, 0.25) is 0 Å². The van der Waals surface area contributed by atoms with E-state index in [0.717, 1.165) is 12.1 Å². The molecule has 0 spiro atoms. The molecule has 0 unspecified atom stereocenters. The predicted octanol–water partition coefficient (Wildman–Crippen LogP) is 2.22. The first-order chi connectivity index (χ1) is 12.4. The fourth-order valence-electron chi connectivity index (χ4n) is 2.24. The highest BCUT2D eigenvalue weighted by molar-refractivity contribution is 5.56. The Bertz CT molecular complexity index is 801. The third-order valence-electron chi connectivity index (χ3n) is 3.36. The Hall–Kier alpha value is -3.13. The molecule has 0 bridgehead atoms. The normalized spacial score (nSPS) is 14.6. The highest BCUT2D eigenvalue weighted by atomic mass is 19.4. The number of nitrogens with one attached hydrogen (secondary N) is 1. The van der Waals surface area contributed by atoms with Crippen molar-refractivity contribution in [1.29, 1.82) is 5.26 Å². The molecule has 2 aromatic rings. The number of aromatic nitrogens is 3. The fraction of sp³-hybridized carbons (Fsp3) is 0.333. The predicted molar refractivity (Wildman–Crippen MR) is 84.0 cm³/mol. The summed E-state index contributed by atoms with van der Waals surface area (Å²) in [5.74, 6) is 0.0355. The zero-order chi connectivity index (χ0) is 18.6. The molecule has 0 aliphatic carbocycles. The molecule has 0 saturated carbocycles. The molecular formula is C15H13F3N6O2. The van der Waals surface area contributed by atoms with Crippen LogP contribution in [0.5, 0.6) is 5.75 Å². The molecule has 0 atom stereocenters. The Labute approximate surface area is 146 Å². The summed E-state index contributed by atoms with van der Waals surface area (Å²) in [6, 6.07) is 6.94. The summed E-state index contributed by atoms with van der Waals surface area (Å²) in [4.78, 5) is 14.1. The average molecular weight is 366 g/mol. The van der Waals surface area contributed by atoms with Crippen LogP contribution >= 0.6 is 0 Å². The summed E-state index contributed by atoms with van der Waals surface area (Å²) < 4.78 is 45.6. The van der Waals surface area contributed by atoms with E-state index < -0.39 is 6.36 Å². The Morgan fingerprint density at radius 2 is 1.81 bits per heavy atom. The lowest BCUT2D eigenvalue weighted by Crippen LogP contribution is -2.37. The Kier molecular flexibility index (Phi) is 5.04. The van der Waals surface area contributed by atoms with Gasteiger partial charge in [-0.15, -0.1) is 13.2 Å². The van der Waals surface area contributed by atoms with E-state index >= 15 is 0 Å². The van der Waals surface area contributed by atoms with Gasteiger partial charge in [0.1, 0.15) is 11.8 Å². The molecule has 136 valence electrons. The molecular weight excluding hydrogens is 353 g/mol. The molecule has 1 N–H and O–H groups in total. The number of anilines is 3. The minimum atomic E-state index is -4.75. The van der Waals surface area contributed by atoms with Gasteiger partial charge in [-0.05, 0) is 24.3 Å². The molecule has 8 nitrogen and oxygen atoms in total. The highest BCUT2D eigenvalue weighted by Gasteiger charge is 2.31. The van der Waals surface area contributed by atoms with Crippen LogP contribution in [0.3, 0.4) is 0 Å². The molecule has 1 saturated heterocycles. The quantitative estimate of drug-likeness (QED) is 0.880. The lowest BCUT2D eigenvalue weighted by molar-refractivity contribution is -0.274. The molecule has 1 aliphatic heterocycles. The van der Waals surface area contributed by atoms with Crippen LogP contribution in [0.1, 0.15) is 5.82 Å². The van der Waals surface area contributed by atoms with Crippen LogP contribution in [0, 0.1) is 11.3 Å². The number of rotatable bonds is 4. The van der Waals surface area contributed by atoms with Crippen LogP contribution in [-0.4, -0.2) is 47.6 Å². The standard InChI is InChI=1S/C15H13F3N6O2/c16-15(17,18)26-11-3-1-10(2-4-11)20-13-21-12(9-19)22-14(23-13)24-5-7-25-8-6-24/h1-4H,5-8H2,(H,20,21,22,23). The van der Waals surface area contributed by atoms with E-state index in [-0.39, 0.29) is 17.5 Å². The zero-order valence-corrected chi connectivity index (χ0v) is 13.3. The number of morpholine rings is 1. The molecule has 2 heterocycles. The maximum absolute atomic E-state index is 12.2. The monoisotopic (exact) mass is 366 g/mol. The van der Waals surface area contributed by atoms with Crippen molar-refractivity contribution < 1.29 is 22.6 Å². The first-order valence-electron chi connectivity index (χ1n) is 7.55. The average Bonchev–Trinajstić information content (AvgIpc) is 2.62. The molecule has 1 aromatic heterocycles. The molecule has 3 rings (SSSR count). The van der Waals surface area contributed by atoms with E-state index in [1.807, 2.05) is 11.0 Å². The Morgan fingerprint density at radius 3 is 2.42 bits per heavy atom. The first kappa shape index (κ1) is 17.7. The molecule has 0 radical (unpaired) electrons. The third kappa shape index (κ3) is 4.70. The van der Waals surface area contributed by atoms with Gasteiger partial charge in [0, 0.05) is 18.8 Å². The minimum Gasteiger partial charge on any atom is -0.406 e. The lowest BCUT2D eigenvalue weighted by atomic mass is 10.3. The summed E-state index contributed by atoms with van der Waals surface area (Å²) in [6.07, 6.45) is -4.75. The van der Waals surface area contributed by atoms with Gasteiger partial charge in [0.25, 0.3) is 0 Å². The number of nitrogens with zero attached hydrogens (tertiary/aromatic N) is 5. The van der Waals surface area contributed by atoms with E-state index in [4.69, 9.17) is 10.00 Å². The van der Waals surface area contributed by atoms with E-state index in [2.05, 4.69) is 25.0 Å². The lowest BCUT2D eigenvalue weighted by Gasteiger charge is -2.26. The van der Waals surface area contributed by atoms with Gasteiger partial charge in [-0.2, -0.15) is 20.2 Å². The van der Waals surface area contributed by atoms with Crippen LogP contribution in [0.4, 0.5) is 30.8 Å². The summed E-state index contributed by atoms with van der Waals surface area (Å²) >= 11 is 0.